The van der Waals surface area contributed by atoms with Crippen molar-refractivity contribution in [3.05, 3.63) is 11.6 Å². The summed E-state index contributed by atoms with van der Waals surface area (Å²) in [6, 6.07) is -0.225. The van der Waals surface area contributed by atoms with Crippen LogP contribution in [-0.4, -0.2) is 52.7 Å². The summed E-state index contributed by atoms with van der Waals surface area (Å²) in [6.45, 7) is 5.88. The van der Waals surface area contributed by atoms with Crippen LogP contribution in [0.3, 0.4) is 0 Å². The number of hydrogen-bond donors (Lipinski definition) is 2. The van der Waals surface area contributed by atoms with Crippen LogP contribution in [0.25, 0.3) is 0 Å². The Bertz CT molecular complexity index is 736. The monoisotopic (exact) mass is 389 g/mol. The Morgan fingerprint density at radius 3 is 2.46 bits per heavy atom. The molecular formula is C20H31N5O3. The van der Waals surface area contributed by atoms with E-state index in [1.165, 1.54) is 4.90 Å². The third-order valence-corrected chi connectivity index (χ3v) is 7.09. The summed E-state index contributed by atoms with van der Waals surface area (Å²) in [6.07, 6.45) is 9.72. The summed E-state index contributed by atoms with van der Waals surface area (Å²) in [4.78, 5) is 15.8. The van der Waals surface area contributed by atoms with Gasteiger partial charge in [-0.25, -0.2) is 4.79 Å². The molecule has 2 N–H and O–H groups in total. The quantitative estimate of drug-likeness (QED) is 0.369. The molecular weight excluding hydrogens is 358 g/mol. The fraction of sp³-hybridized carbons (Fsp3) is 0.750. The fourth-order valence-electron chi connectivity index (χ4n) is 5.73. The lowest BCUT2D eigenvalue weighted by Crippen LogP contribution is -3.14. The third-order valence-electron chi connectivity index (χ3n) is 7.09. The molecule has 2 aliphatic carbocycles. The van der Waals surface area contributed by atoms with Crippen molar-refractivity contribution in [3.8, 4) is 0 Å². The number of carbonyl (C=O) groups is 1. The molecule has 0 aromatic carbocycles. The van der Waals surface area contributed by atoms with E-state index in [1.807, 2.05) is 13.8 Å². The number of quaternary nitrogens is 1. The van der Waals surface area contributed by atoms with E-state index in [0.717, 1.165) is 62.9 Å². The molecule has 154 valence electrons. The second kappa shape index (κ2) is 7.06. The molecule has 0 aromatic heterocycles. The van der Waals surface area contributed by atoms with Gasteiger partial charge in [0.15, 0.2) is 0 Å². The first-order valence-electron chi connectivity index (χ1n) is 10.6. The summed E-state index contributed by atoms with van der Waals surface area (Å²) in [5.41, 5.74) is 1.13. The van der Waals surface area contributed by atoms with Crippen LogP contribution in [0.4, 0.5) is 4.79 Å². The highest BCUT2D eigenvalue weighted by molar-refractivity contribution is 6.10. The number of oxime groups is 1. The number of amidine groups is 1. The standard InChI is InChI=1S/C20H31N5O3/c1-3-11-23-16-15(17(26)24(12-4-2)18(23)27)25(22-16)14-20-7-5-19(13-20,6-8-20)9-10-21-28/h10,26,28H,3-9,11-14H2,1-2H3. The van der Waals surface area contributed by atoms with Crippen molar-refractivity contribution in [2.75, 3.05) is 19.6 Å². The van der Waals surface area contributed by atoms with Crippen LogP contribution < -0.4 is 10.1 Å². The molecule has 2 amide bonds. The Hall–Kier alpha value is -2.09. The molecule has 2 bridgehead atoms. The number of hydrogen-bond acceptors (Lipinski definition) is 5. The zero-order valence-electron chi connectivity index (χ0n) is 16.9. The van der Waals surface area contributed by atoms with Gasteiger partial charge in [0.2, 0.25) is 5.70 Å². The number of urea groups is 1. The first-order valence-corrected chi connectivity index (χ1v) is 10.6. The summed E-state index contributed by atoms with van der Waals surface area (Å²) in [7, 11) is 0. The van der Waals surface area contributed by atoms with E-state index in [2.05, 4.69) is 10.3 Å². The van der Waals surface area contributed by atoms with Gasteiger partial charge in [0.05, 0.1) is 0 Å². The van der Waals surface area contributed by atoms with Crippen molar-refractivity contribution in [3.63, 3.8) is 0 Å². The lowest BCUT2D eigenvalue weighted by atomic mass is 9.80. The predicted molar refractivity (Wildman–Crippen MR) is 103 cm³/mol. The maximum absolute atomic E-state index is 13.0. The van der Waals surface area contributed by atoms with E-state index in [0.29, 0.717) is 24.6 Å². The van der Waals surface area contributed by atoms with E-state index in [4.69, 9.17) is 5.21 Å². The Morgan fingerprint density at radius 2 is 1.82 bits per heavy atom. The zero-order valence-corrected chi connectivity index (χ0v) is 16.9. The van der Waals surface area contributed by atoms with Crippen molar-refractivity contribution < 1.29 is 20.1 Å². The van der Waals surface area contributed by atoms with E-state index in [-0.39, 0.29) is 22.7 Å². The number of amides is 2. The van der Waals surface area contributed by atoms with Crippen LogP contribution in [-0.2, 0) is 0 Å². The van der Waals surface area contributed by atoms with Gasteiger partial charge in [-0.2, -0.15) is 5.01 Å². The maximum atomic E-state index is 13.0. The molecule has 0 saturated heterocycles. The van der Waals surface area contributed by atoms with E-state index in [9.17, 15) is 9.90 Å². The van der Waals surface area contributed by atoms with Gasteiger partial charge in [-0.3, -0.25) is 4.90 Å². The minimum absolute atomic E-state index is 0.162. The Kier molecular flexibility index (Phi) is 4.85. The Labute approximate surface area is 166 Å². The van der Waals surface area contributed by atoms with Crippen LogP contribution >= 0.6 is 0 Å². The molecule has 4 rings (SSSR count). The third kappa shape index (κ3) is 2.89. The first-order chi connectivity index (χ1) is 13.5. The molecule has 1 unspecified atom stereocenters. The highest BCUT2D eigenvalue weighted by atomic mass is 16.4. The smallest absolute Gasteiger partial charge is 0.329 e. The minimum atomic E-state index is -0.225. The van der Waals surface area contributed by atoms with Crippen molar-refractivity contribution in [2.24, 2.45) is 21.1 Å². The van der Waals surface area contributed by atoms with Crippen molar-refractivity contribution in [2.45, 2.75) is 65.2 Å². The lowest BCUT2D eigenvalue weighted by molar-refractivity contribution is -0.888. The van der Waals surface area contributed by atoms with E-state index < -0.39 is 0 Å². The summed E-state index contributed by atoms with van der Waals surface area (Å²) >= 11 is 0. The summed E-state index contributed by atoms with van der Waals surface area (Å²) in [5.74, 6) is 0.426. The van der Waals surface area contributed by atoms with Gasteiger partial charge in [0.25, 0.3) is 5.84 Å². The number of nitrogens with one attached hydrogen (secondary N) is 1. The van der Waals surface area contributed by atoms with Gasteiger partial charge in [0.1, 0.15) is 6.54 Å². The lowest BCUT2D eigenvalue weighted by Gasteiger charge is -2.45. The molecule has 2 heterocycles. The van der Waals surface area contributed by atoms with Crippen LogP contribution in [0.5, 0.6) is 0 Å². The molecule has 2 aliphatic heterocycles. The first kappa shape index (κ1) is 19.2. The average Bonchev–Trinajstić information content (AvgIpc) is 3.21. The number of rotatable bonds is 8. The maximum Gasteiger partial charge on any atom is 0.329 e. The van der Waals surface area contributed by atoms with Gasteiger partial charge < -0.3 is 15.2 Å². The molecule has 0 spiro atoms. The highest BCUT2D eigenvalue weighted by Gasteiger charge is 2.58. The van der Waals surface area contributed by atoms with Gasteiger partial charge in [-0.1, -0.05) is 18.9 Å². The van der Waals surface area contributed by atoms with Crippen LogP contribution in [0, 0.1) is 10.8 Å². The number of carbonyl (C=O) groups excluding carboxylic acids is 1. The molecule has 0 aromatic rings. The Balaban J connectivity index is 1.55. The summed E-state index contributed by atoms with van der Waals surface area (Å²) in [5, 5.41) is 30.6. The molecule has 4 aliphatic rings. The van der Waals surface area contributed by atoms with Crippen molar-refractivity contribution >= 4 is 18.1 Å². The average molecular weight is 390 g/mol. The van der Waals surface area contributed by atoms with Crippen LogP contribution in [0.2, 0.25) is 0 Å². The summed E-state index contributed by atoms with van der Waals surface area (Å²) < 4.78 is 0. The van der Waals surface area contributed by atoms with Crippen LogP contribution in [0.1, 0.15) is 65.2 Å². The normalized spacial score (nSPS) is 34.3. The molecule has 28 heavy (non-hydrogen) atoms. The van der Waals surface area contributed by atoms with Gasteiger partial charge in [-0.15, -0.1) is 5.16 Å². The minimum Gasteiger partial charge on any atom is -0.856 e. The molecule has 8 heteroatoms. The largest absolute Gasteiger partial charge is 0.856 e. The number of fused-ring (bicyclic) bond motifs is 3. The van der Waals surface area contributed by atoms with Gasteiger partial charge in [-0.05, 0) is 56.8 Å². The fourth-order valence-corrected chi connectivity index (χ4v) is 5.73. The van der Waals surface area contributed by atoms with Gasteiger partial charge >= 0.3 is 6.03 Å². The van der Waals surface area contributed by atoms with Crippen molar-refractivity contribution in [1.29, 1.82) is 0 Å². The second-order valence-corrected chi connectivity index (χ2v) is 9.00. The molecule has 8 nitrogen and oxygen atoms in total. The number of nitrogens with zero attached hydrogens (tertiary/aromatic N) is 4. The van der Waals surface area contributed by atoms with Gasteiger partial charge in [0, 0.05) is 30.6 Å². The molecule has 1 atom stereocenters. The van der Waals surface area contributed by atoms with E-state index in [1.54, 1.807) is 11.1 Å². The topological polar surface area (TPSA) is 96.0 Å². The van der Waals surface area contributed by atoms with Crippen molar-refractivity contribution in [1.82, 2.24) is 9.80 Å². The molecule has 2 fully saturated rings. The van der Waals surface area contributed by atoms with E-state index >= 15 is 0 Å². The predicted octanol–water partition coefficient (Wildman–Crippen LogP) is 1.09. The van der Waals surface area contributed by atoms with Crippen LogP contribution in [0.15, 0.2) is 21.8 Å². The molecule has 2 saturated carbocycles. The Morgan fingerprint density at radius 1 is 1.18 bits per heavy atom. The second-order valence-electron chi connectivity index (χ2n) is 9.00. The molecule has 0 radical (unpaired) electrons. The zero-order chi connectivity index (χ0) is 19.9. The SMILES string of the molecule is CCCN1C(=O)N(CCC)C([O-])=C2C1=N[NH+]2CC12CCC(CC=NO)(CC1)C2. The highest BCUT2D eigenvalue weighted by Crippen LogP contribution is 2.62.